The van der Waals surface area contributed by atoms with E-state index in [4.69, 9.17) is 15.2 Å². The number of nitrogens with zero attached hydrogens (tertiary/aromatic N) is 2. The molecule has 5 nitrogen and oxygen atoms in total. The largest absolute Gasteiger partial charge is 0.497 e. The average Bonchev–Trinajstić information content (AvgIpc) is 2.71. The van der Waals surface area contributed by atoms with E-state index >= 15 is 0 Å². The van der Waals surface area contributed by atoms with Crippen LogP contribution in [0, 0.1) is 0 Å². The Morgan fingerprint density at radius 2 is 2.11 bits per heavy atom. The molecule has 0 unspecified atom stereocenters. The van der Waals surface area contributed by atoms with Gasteiger partial charge in [-0.25, -0.2) is 0 Å². The third-order valence-corrected chi connectivity index (χ3v) is 2.76. The van der Waals surface area contributed by atoms with Gasteiger partial charge in [-0.2, -0.15) is 5.10 Å². The second-order valence-electron chi connectivity index (χ2n) is 3.86. The molecule has 0 atom stereocenters. The van der Waals surface area contributed by atoms with E-state index in [-0.39, 0.29) is 0 Å². The van der Waals surface area contributed by atoms with Crippen LogP contribution in [0.1, 0.15) is 6.92 Å². The highest BCUT2D eigenvalue weighted by molar-refractivity contribution is 5.78. The van der Waals surface area contributed by atoms with Crippen LogP contribution in [0.3, 0.4) is 0 Å². The van der Waals surface area contributed by atoms with Crippen molar-refractivity contribution >= 4 is 5.82 Å². The highest BCUT2D eigenvalue weighted by atomic mass is 16.5. The van der Waals surface area contributed by atoms with Crippen LogP contribution < -0.4 is 15.2 Å². The fraction of sp³-hybridized carbons (Fsp3) is 0.308. The molecule has 2 aromatic rings. The lowest BCUT2D eigenvalue weighted by atomic mass is 10.1. The van der Waals surface area contributed by atoms with Crippen LogP contribution in [0.5, 0.6) is 11.5 Å². The molecule has 1 aromatic heterocycles. The summed E-state index contributed by atoms with van der Waals surface area (Å²) >= 11 is 0. The fourth-order valence-corrected chi connectivity index (χ4v) is 1.78. The number of nitrogen functional groups attached to an aromatic ring is 1. The van der Waals surface area contributed by atoms with E-state index in [9.17, 15) is 0 Å². The first-order valence-corrected chi connectivity index (χ1v) is 5.76. The number of aromatic nitrogens is 2. The second kappa shape index (κ2) is 5.00. The molecule has 0 saturated carbocycles. The molecule has 0 bridgehead atoms. The fourth-order valence-electron chi connectivity index (χ4n) is 1.78. The van der Waals surface area contributed by atoms with Gasteiger partial charge >= 0.3 is 0 Å². The zero-order valence-electron chi connectivity index (χ0n) is 10.8. The van der Waals surface area contributed by atoms with Crippen LogP contribution in [0.2, 0.25) is 0 Å². The summed E-state index contributed by atoms with van der Waals surface area (Å²) in [4.78, 5) is 0. The Balaban J connectivity index is 2.52. The molecule has 0 aliphatic rings. The van der Waals surface area contributed by atoms with Gasteiger partial charge in [0, 0.05) is 24.2 Å². The third-order valence-electron chi connectivity index (χ3n) is 2.76. The number of anilines is 1. The molecule has 2 rings (SSSR count). The van der Waals surface area contributed by atoms with Crippen molar-refractivity contribution in [3.8, 4) is 22.6 Å². The monoisotopic (exact) mass is 247 g/mol. The summed E-state index contributed by atoms with van der Waals surface area (Å²) in [6, 6.07) is 5.66. The first-order chi connectivity index (χ1) is 8.67. The van der Waals surface area contributed by atoms with Gasteiger partial charge in [0.15, 0.2) is 0 Å². The maximum Gasteiger partial charge on any atom is 0.130 e. The lowest BCUT2D eigenvalue weighted by Crippen LogP contribution is -1.99. The molecule has 0 amide bonds. The van der Waals surface area contributed by atoms with Crippen molar-refractivity contribution in [3.63, 3.8) is 0 Å². The minimum atomic E-state index is 0.584. The Labute approximate surface area is 106 Å². The Kier molecular flexibility index (Phi) is 3.41. The third kappa shape index (κ3) is 2.11. The molecule has 0 fully saturated rings. The highest BCUT2D eigenvalue weighted by Gasteiger charge is 2.13. The maximum atomic E-state index is 5.98. The summed E-state index contributed by atoms with van der Waals surface area (Å²) in [6.45, 7) is 2.52. The quantitative estimate of drug-likeness (QED) is 0.898. The van der Waals surface area contributed by atoms with Gasteiger partial charge < -0.3 is 15.2 Å². The zero-order chi connectivity index (χ0) is 13.1. The number of methoxy groups -OCH3 is 1. The van der Waals surface area contributed by atoms with E-state index in [1.54, 1.807) is 18.0 Å². The van der Waals surface area contributed by atoms with Gasteiger partial charge in [-0.3, -0.25) is 4.68 Å². The molecule has 5 heteroatoms. The first kappa shape index (κ1) is 12.3. The number of aryl methyl sites for hydroxylation is 1. The summed E-state index contributed by atoms with van der Waals surface area (Å²) in [5.41, 5.74) is 7.77. The van der Waals surface area contributed by atoms with Gasteiger partial charge in [0.2, 0.25) is 0 Å². The average molecular weight is 247 g/mol. The van der Waals surface area contributed by atoms with E-state index < -0.39 is 0 Å². The molecular formula is C13H17N3O2. The molecular weight excluding hydrogens is 230 g/mol. The molecule has 1 aromatic carbocycles. The van der Waals surface area contributed by atoms with Crippen LogP contribution >= 0.6 is 0 Å². The Morgan fingerprint density at radius 3 is 2.67 bits per heavy atom. The van der Waals surface area contributed by atoms with Gasteiger partial charge in [0.1, 0.15) is 17.3 Å². The summed E-state index contributed by atoms with van der Waals surface area (Å²) in [5.74, 6) is 2.11. The number of hydrogen-bond acceptors (Lipinski definition) is 4. The molecule has 1 heterocycles. The van der Waals surface area contributed by atoms with Crippen molar-refractivity contribution in [2.45, 2.75) is 6.92 Å². The van der Waals surface area contributed by atoms with E-state index in [1.807, 2.05) is 32.2 Å². The van der Waals surface area contributed by atoms with Crippen molar-refractivity contribution in [1.29, 1.82) is 0 Å². The Bertz CT molecular complexity index is 549. The van der Waals surface area contributed by atoms with Crippen LogP contribution in [0.25, 0.3) is 11.1 Å². The van der Waals surface area contributed by atoms with E-state index in [0.29, 0.717) is 12.4 Å². The summed E-state index contributed by atoms with van der Waals surface area (Å²) < 4.78 is 12.5. The van der Waals surface area contributed by atoms with Crippen LogP contribution in [-0.4, -0.2) is 23.5 Å². The molecule has 0 spiro atoms. The normalized spacial score (nSPS) is 10.4. The molecule has 0 aliphatic carbocycles. The second-order valence-corrected chi connectivity index (χ2v) is 3.86. The first-order valence-electron chi connectivity index (χ1n) is 5.76. The van der Waals surface area contributed by atoms with Gasteiger partial charge in [0.25, 0.3) is 0 Å². The number of rotatable bonds is 4. The minimum Gasteiger partial charge on any atom is -0.497 e. The van der Waals surface area contributed by atoms with Crippen molar-refractivity contribution in [2.75, 3.05) is 19.5 Å². The molecule has 0 aliphatic heterocycles. The molecule has 0 saturated heterocycles. The molecule has 18 heavy (non-hydrogen) atoms. The van der Waals surface area contributed by atoms with Crippen LogP contribution in [0.4, 0.5) is 5.82 Å². The smallest absolute Gasteiger partial charge is 0.130 e. The Morgan fingerprint density at radius 1 is 1.33 bits per heavy atom. The highest BCUT2D eigenvalue weighted by Crippen LogP contribution is 2.36. The number of nitrogens with two attached hydrogens (primary N) is 1. The number of ether oxygens (including phenoxy) is 2. The predicted molar refractivity (Wildman–Crippen MR) is 70.8 cm³/mol. The SMILES string of the molecule is CCOc1cc(OC)ccc1-c1cnn(C)c1N. The lowest BCUT2D eigenvalue weighted by molar-refractivity contribution is 0.337. The van der Waals surface area contributed by atoms with Crippen LogP contribution in [0.15, 0.2) is 24.4 Å². The van der Waals surface area contributed by atoms with E-state index in [0.717, 1.165) is 22.6 Å². The predicted octanol–water partition coefficient (Wildman–Crippen LogP) is 2.08. The van der Waals surface area contributed by atoms with Gasteiger partial charge in [0.05, 0.1) is 19.9 Å². The van der Waals surface area contributed by atoms with E-state index in [2.05, 4.69) is 5.10 Å². The molecule has 0 radical (unpaired) electrons. The summed E-state index contributed by atoms with van der Waals surface area (Å²) in [7, 11) is 3.44. The zero-order valence-corrected chi connectivity index (χ0v) is 10.8. The molecule has 2 N–H and O–H groups in total. The number of hydrogen-bond donors (Lipinski definition) is 1. The van der Waals surface area contributed by atoms with Crippen molar-refractivity contribution in [2.24, 2.45) is 7.05 Å². The van der Waals surface area contributed by atoms with Gasteiger partial charge in [-0.1, -0.05) is 0 Å². The van der Waals surface area contributed by atoms with Crippen LogP contribution in [-0.2, 0) is 7.05 Å². The molecule has 96 valence electrons. The van der Waals surface area contributed by atoms with Gasteiger partial charge in [-0.15, -0.1) is 0 Å². The maximum absolute atomic E-state index is 5.98. The van der Waals surface area contributed by atoms with Crippen molar-refractivity contribution < 1.29 is 9.47 Å². The number of benzene rings is 1. The van der Waals surface area contributed by atoms with Crippen molar-refractivity contribution in [3.05, 3.63) is 24.4 Å². The topological polar surface area (TPSA) is 62.3 Å². The minimum absolute atomic E-state index is 0.584. The summed E-state index contributed by atoms with van der Waals surface area (Å²) in [6.07, 6.45) is 1.74. The van der Waals surface area contributed by atoms with Crippen molar-refractivity contribution in [1.82, 2.24) is 9.78 Å². The van der Waals surface area contributed by atoms with E-state index in [1.165, 1.54) is 0 Å². The van der Waals surface area contributed by atoms with Gasteiger partial charge in [-0.05, 0) is 19.1 Å². The standard InChI is InChI=1S/C13H17N3O2/c1-4-18-12-7-9(17-3)5-6-10(12)11-8-15-16(2)13(11)14/h5-8H,4,14H2,1-3H3. The lowest BCUT2D eigenvalue weighted by Gasteiger charge is -2.11. The Hall–Kier alpha value is -2.17. The summed E-state index contributed by atoms with van der Waals surface area (Å²) in [5, 5.41) is 4.14.